The van der Waals surface area contributed by atoms with Crippen LogP contribution < -0.4 is 37.6 Å². The van der Waals surface area contributed by atoms with Crippen LogP contribution >= 0.6 is 35.3 Å². The summed E-state index contributed by atoms with van der Waals surface area (Å²) in [5.41, 5.74) is 14.1. The quantitative estimate of drug-likeness (QED) is 0.0161. The summed E-state index contributed by atoms with van der Waals surface area (Å²) in [7, 11) is 0. The highest BCUT2D eigenvalue weighted by Gasteiger charge is 2.35. The van der Waals surface area contributed by atoms with Gasteiger partial charge in [0, 0.05) is 41.1 Å². The van der Waals surface area contributed by atoms with Gasteiger partial charge in [-0.15, -0.1) is 0 Å². The van der Waals surface area contributed by atoms with Gasteiger partial charge in [0.25, 0.3) is 0 Å². The van der Waals surface area contributed by atoms with E-state index in [1.165, 1.54) is 49.1 Å². The molecule has 434 valence electrons. The van der Waals surface area contributed by atoms with E-state index in [2.05, 4.69) is 31.9 Å². The molecule has 0 bridgehead atoms. The minimum Gasteiger partial charge on any atom is -0.459 e. The second-order valence-corrected chi connectivity index (χ2v) is 22.9. The number of hydrogen-bond donors (Lipinski definition) is 8. The summed E-state index contributed by atoms with van der Waals surface area (Å²) in [6.07, 6.45) is -0.859. The monoisotopic (exact) mass is 1160 g/mol. The Morgan fingerprint density at radius 3 is 1.32 bits per heavy atom. The average Bonchev–Trinajstić information content (AvgIpc) is 3.46. The van der Waals surface area contributed by atoms with Crippen molar-refractivity contribution in [1.29, 1.82) is 0 Å². The first-order chi connectivity index (χ1) is 38.9. The van der Waals surface area contributed by atoms with Crippen molar-refractivity contribution in [3.63, 3.8) is 0 Å². The molecule has 0 aliphatic carbocycles. The van der Waals surface area contributed by atoms with Gasteiger partial charge in [0.15, 0.2) is 0 Å². The number of benzene rings is 5. The van der Waals surface area contributed by atoms with Crippen LogP contribution in [0.3, 0.4) is 0 Å². The molecule has 0 saturated heterocycles. The van der Waals surface area contributed by atoms with E-state index in [-0.39, 0.29) is 43.4 Å². The summed E-state index contributed by atoms with van der Waals surface area (Å²) in [4.78, 5) is 96.3. The Kier molecular flexibility index (Phi) is 28.2. The number of hydrogen-bond acceptors (Lipinski definition) is 14. The number of aliphatic hydroxyl groups is 1. The Labute approximate surface area is 488 Å². The highest BCUT2D eigenvalue weighted by molar-refractivity contribution is 7.99. The second-order valence-electron chi connectivity index (χ2n) is 19.8. The number of thioether (sulfide) groups is 3. The Morgan fingerprint density at radius 2 is 0.877 bits per heavy atom. The lowest BCUT2D eigenvalue weighted by Gasteiger charge is -2.28. The SMILES string of the molecule is Cc1ccc(CSC[C@H](NC(=O)[C@H](CSCc2ccc(C)cc2)NC(=O)[C@@H](NC(=O)[C@H](CSCc2ccc(C)cc2)NC(=O)[C@@H](N)CCCCNC(=O)OCc2ccccc2)[C@@H](C)O)C(=O)N[C@@H](C)C(=O)OCc2ccccc2)cc1. The summed E-state index contributed by atoms with van der Waals surface area (Å²) < 4.78 is 10.7. The molecule has 6 amide bonds. The lowest BCUT2D eigenvalue weighted by Crippen LogP contribution is -2.62. The van der Waals surface area contributed by atoms with Crippen LogP contribution in [0.5, 0.6) is 0 Å². The summed E-state index contributed by atoms with van der Waals surface area (Å²) in [5, 5.41) is 27.4. The molecule has 5 rings (SSSR count). The number of amides is 6. The normalized spacial score (nSPS) is 13.6. The number of ether oxygens (including phenoxy) is 2. The fraction of sp³-hybridized carbons (Fsp3) is 0.393. The smallest absolute Gasteiger partial charge is 0.407 e. The summed E-state index contributed by atoms with van der Waals surface area (Å²) in [6, 6.07) is 34.6. The predicted octanol–water partition coefficient (Wildman–Crippen LogP) is 6.70. The third-order valence-electron chi connectivity index (χ3n) is 12.7. The molecule has 7 atom stereocenters. The number of carbonyl (C=O) groups excluding carboxylic acids is 7. The van der Waals surface area contributed by atoms with E-state index in [4.69, 9.17) is 15.2 Å². The molecule has 20 heteroatoms. The van der Waals surface area contributed by atoms with Crippen LogP contribution in [-0.2, 0) is 68.7 Å². The fourth-order valence-corrected chi connectivity index (χ4v) is 10.8. The molecule has 81 heavy (non-hydrogen) atoms. The van der Waals surface area contributed by atoms with Crippen LogP contribution in [0.1, 0.15) is 77.6 Å². The van der Waals surface area contributed by atoms with Gasteiger partial charge in [0.05, 0.1) is 12.1 Å². The zero-order chi connectivity index (χ0) is 58.5. The van der Waals surface area contributed by atoms with Crippen molar-refractivity contribution in [3.05, 3.63) is 178 Å². The van der Waals surface area contributed by atoms with Crippen LogP contribution in [0.15, 0.2) is 133 Å². The molecule has 5 aromatic rings. The van der Waals surface area contributed by atoms with E-state index in [0.717, 1.165) is 44.5 Å². The molecule has 5 aromatic carbocycles. The predicted molar refractivity (Wildman–Crippen MR) is 322 cm³/mol. The van der Waals surface area contributed by atoms with E-state index >= 15 is 0 Å². The number of rotatable bonds is 33. The Morgan fingerprint density at radius 1 is 0.481 bits per heavy atom. The van der Waals surface area contributed by atoms with E-state index in [9.17, 15) is 38.7 Å². The third kappa shape index (κ3) is 24.4. The summed E-state index contributed by atoms with van der Waals surface area (Å²) in [5.74, 6) is -2.73. The molecule has 9 N–H and O–H groups in total. The van der Waals surface area contributed by atoms with E-state index in [0.29, 0.717) is 30.1 Å². The molecule has 0 aromatic heterocycles. The van der Waals surface area contributed by atoms with Crippen molar-refractivity contribution < 1.29 is 48.1 Å². The topological polar surface area (TPSA) is 256 Å². The van der Waals surface area contributed by atoms with Crippen LogP contribution in [0.2, 0.25) is 0 Å². The van der Waals surface area contributed by atoms with Crippen LogP contribution in [-0.4, -0.2) is 113 Å². The maximum absolute atomic E-state index is 14.6. The molecular weight excluding hydrogens is 1090 g/mol. The van der Waals surface area contributed by atoms with Crippen LogP contribution in [0.25, 0.3) is 0 Å². The van der Waals surface area contributed by atoms with Gasteiger partial charge >= 0.3 is 12.1 Å². The fourth-order valence-electron chi connectivity index (χ4n) is 7.77. The number of nitrogens with two attached hydrogens (primary N) is 1. The third-order valence-corrected chi connectivity index (χ3v) is 16.0. The summed E-state index contributed by atoms with van der Waals surface area (Å²) >= 11 is 4.11. The van der Waals surface area contributed by atoms with Crippen LogP contribution in [0, 0.1) is 20.8 Å². The largest absolute Gasteiger partial charge is 0.459 e. The molecule has 0 heterocycles. The van der Waals surface area contributed by atoms with Crippen molar-refractivity contribution >= 4 is 76.9 Å². The van der Waals surface area contributed by atoms with E-state index in [1.54, 1.807) is 0 Å². The molecule has 0 aliphatic heterocycles. The summed E-state index contributed by atoms with van der Waals surface area (Å²) in [6.45, 7) is 9.14. The van der Waals surface area contributed by atoms with Gasteiger partial charge < -0.3 is 52.2 Å². The number of unbranched alkanes of at least 4 members (excludes halogenated alkanes) is 1. The van der Waals surface area contributed by atoms with Gasteiger partial charge in [0.1, 0.15) is 43.4 Å². The van der Waals surface area contributed by atoms with Gasteiger partial charge in [-0.1, -0.05) is 150 Å². The molecule has 0 unspecified atom stereocenters. The number of carbonyl (C=O) groups is 7. The molecule has 17 nitrogen and oxygen atoms in total. The molecule has 0 saturated carbocycles. The van der Waals surface area contributed by atoms with Crippen molar-refractivity contribution in [1.82, 2.24) is 31.9 Å². The number of nitrogens with one attached hydrogen (secondary N) is 6. The molecule has 0 radical (unpaired) electrons. The minimum absolute atomic E-state index is 0.00380. The number of aryl methyl sites for hydroxylation is 3. The molecule has 0 fully saturated rings. The lowest BCUT2D eigenvalue weighted by atomic mass is 10.1. The Balaban J connectivity index is 1.28. The highest BCUT2D eigenvalue weighted by atomic mass is 32.2. The van der Waals surface area contributed by atoms with Gasteiger partial charge in [-0.3, -0.25) is 24.0 Å². The van der Waals surface area contributed by atoms with Gasteiger partial charge in [-0.2, -0.15) is 35.3 Å². The van der Waals surface area contributed by atoms with Crippen molar-refractivity contribution in [3.8, 4) is 0 Å². The number of esters is 1. The first kappa shape index (κ1) is 65.0. The highest BCUT2D eigenvalue weighted by Crippen LogP contribution is 2.19. The zero-order valence-electron chi connectivity index (χ0n) is 46.7. The van der Waals surface area contributed by atoms with Gasteiger partial charge in [-0.25, -0.2) is 9.59 Å². The first-order valence-corrected chi connectivity index (χ1v) is 30.4. The number of alkyl carbamates (subject to hydrolysis) is 1. The van der Waals surface area contributed by atoms with Crippen molar-refractivity contribution in [2.75, 3.05) is 23.8 Å². The van der Waals surface area contributed by atoms with Crippen molar-refractivity contribution in [2.45, 2.75) is 127 Å². The van der Waals surface area contributed by atoms with Gasteiger partial charge in [-0.05, 0) is 81.7 Å². The Hall–Kier alpha value is -6.84. The van der Waals surface area contributed by atoms with E-state index < -0.39 is 84.0 Å². The number of aliphatic hydroxyl groups excluding tert-OH is 1. The standard InChI is InChI=1S/C61H77N7O10S3/c1-40-19-25-47(26-20-40)34-79-37-51(56(71)64-43(4)60(75)77-32-45-14-8-6-9-15-45)66-57(72)52(38-80-35-48-27-21-41(2)22-28-48)67-59(74)54(44(5)69)68-58(73)53(39-81-36-49-29-23-42(3)24-30-49)65-55(70)50(62)18-12-13-31-63-61(76)78-33-46-16-10-7-11-17-46/h6-11,14-17,19-30,43-44,50-54,69H,12-13,18,31-39,62H2,1-5H3,(H,63,76)(H,64,71)(H,65,70)(H,66,72)(H,67,74)(H,68,73)/t43-,44+,50-,51-,52-,53-,54-/m0/s1. The van der Waals surface area contributed by atoms with Gasteiger partial charge in [0.2, 0.25) is 29.5 Å². The average molecular weight is 1160 g/mol. The second kappa shape index (κ2) is 35.1. The molecular formula is C61H77N7O10S3. The maximum Gasteiger partial charge on any atom is 0.407 e. The maximum atomic E-state index is 14.6. The Bertz CT molecular complexity index is 2760. The van der Waals surface area contributed by atoms with Crippen LogP contribution in [0.4, 0.5) is 4.79 Å². The first-order valence-electron chi connectivity index (χ1n) is 26.9. The molecule has 0 spiro atoms. The van der Waals surface area contributed by atoms with E-state index in [1.807, 2.05) is 154 Å². The molecule has 0 aliphatic rings. The zero-order valence-corrected chi connectivity index (χ0v) is 49.1. The lowest BCUT2D eigenvalue weighted by molar-refractivity contribution is -0.148. The van der Waals surface area contributed by atoms with Crippen molar-refractivity contribution in [2.24, 2.45) is 5.73 Å². The minimum atomic E-state index is -1.61.